The summed E-state index contributed by atoms with van der Waals surface area (Å²) in [5.41, 5.74) is 2.29. The lowest BCUT2D eigenvalue weighted by Gasteiger charge is -2.10. The zero-order valence-corrected chi connectivity index (χ0v) is 17.0. The van der Waals surface area contributed by atoms with Crippen molar-refractivity contribution in [3.63, 3.8) is 0 Å². The molecule has 0 N–H and O–H groups in total. The van der Waals surface area contributed by atoms with Gasteiger partial charge in [0.25, 0.3) is 0 Å². The van der Waals surface area contributed by atoms with Crippen molar-refractivity contribution in [1.82, 2.24) is 14.6 Å². The summed E-state index contributed by atoms with van der Waals surface area (Å²) in [5, 5.41) is 4.35. The first kappa shape index (κ1) is 21.3. The first-order valence-electron chi connectivity index (χ1n) is 9.83. The number of alkyl halides is 3. The van der Waals surface area contributed by atoms with Crippen LogP contribution in [0.15, 0.2) is 73.1 Å². The minimum atomic E-state index is -4.41. The second kappa shape index (κ2) is 8.66. The summed E-state index contributed by atoms with van der Waals surface area (Å²) >= 11 is 0. The molecule has 2 heterocycles. The zero-order chi connectivity index (χ0) is 22.7. The molecule has 0 saturated carbocycles. The highest BCUT2D eigenvalue weighted by Gasteiger charge is 2.30. The van der Waals surface area contributed by atoms with Gasteiger partial charge < -0.3 is 4.74 Å². The Hall–Kier alpha value is -3.94. The van der Waals surface area contributed by atoms with Gasteiger partial charge in [0.15, 0.2) is 5.65 Å². The van der Waals surface area contributed by atoms with Crippen LogP contribution in [-0.4, -0.2) is 27.2 Å². The maximum atomic E-state index is 12.9. The number of carbonyl (C=O) groups is 1. The van der Waals surface area contributed by atoms with Crippen molar-refractivity contribution in [2.75, 3.05) is 6.61 Å². The molecule has 0 aliphatic heterocycles. The molecule has 162 valence electrons. The molecule has 0 fully saturated rings. The highest BCUT2D eigenvalue weighted by molar-refractivity contribution is 6.21. The molecule has 2 aromatic carbocycles. The van der Waals surface area contributed by atoms with E-state index in [0.717, 1.165) is 17.7 Å². The molecule has 0 saturated heterocycles. The van der Waals surface area contributed by atoms with Crippen LogP contribution in [-0.2, 0) is 15.7 Å². The molecular weight excluding hydrogens is 419 g/mol. The third kappa shape index (κ3) is 4.25. The molecule has 4 rings (SSSR count). The highest BCUT2D eigenvalue weighted by atomic mass is 19.4. The van der Waals surface area contributed by atoms with Gasteiger partial charge in [0, 0.05) is 11.8 Å². The van der Waals surface area contributed by atoms with Crippen LogP contribution in [0, 0.1) is 0 Å². The number of hydrogen-bond acceptors (Lipinski definition) is 4. The first-order valence-corrected chi connectivity index (χ1v) is 9.83. The van der Waals surface area contributed by atoms with Gasteiger partial charge in [0.2, 0.25) is 0 Å². The normalized spacial score (nSPS) is 12.2. The van der Waals surface area contributed by atoms with Gasteiger partial charge in [-0.2, -0.15) is 18.3 Å². The molecule has 0 spiro atoms. The number of benzene rings is 2. The summed E-state index contributed by atoms with van der Waals surface area (Å²) in [5.74, 6) is -0.518. The monoisotopic (exact) mass is 437 g/mol. The van der Waals surface area contributed by atoms with Gasteiger partial charge in [-0.3, -0.25) is 0 Å². The predicted octanol–water partition coefficient (Wildman–Crippen LogP) is 5.52. The molecule has 0 amide bonds. The van der Waals surface area contributed by atoms with Crippen LogP contribution in [0.1, 0.15) is 23.7 Å². The molecule has 0 aliphatic rings. The van der Waals surface area contributed by atoms with Crippen LogP contribution in [0.25, 0.3) is 28.4 Å². The van der Waals surface area contributed by atoms with Gasteiger partial charge in [-0.15, -0.1) is 0 Å². The van der Waals surface area contributed by atoms with E-state index in [4.69, 9.17) is 4.74 Å². The fourth-order valence-corrected chi connectivity index (χ4v) is 3.30. The van der Waals surface area contributed by atoms with Crippen LogP contribution >= 0.6 is 0 Å². The van der Waals surface area contributed by atoms with E-state index in [1.54, 1.807) is 19.1 Å². The molecular formula is C24H18F3N3O2. The number of halogens is 3. The van der Waals surface area contributed by atoms with Crippen molar-refractivity contribution in [1.29, 1.82) is 0 Å². The van der Waals surface area contributed by atoms with Crippen molar-refractivity contribution < 1.29 is 22.7 Å². The van der Waals surface area contributed by atoms with Gasteiger partial charge in [0.1, 0.15) is 0 Å². The molecule has 0 radical (unpaired) electrons. The molecule has 4 aromatic rings. The second-order valence-electron chi connectivity index (χ2n) is 6.89. The van der Waals surface area contributed by atoms with E-state index in [2.05, 4.69) is 10.1 Å². The van der Waals surface area contributed by atoms with Gasteiger partial charge >= 0.3 is 12.1 Å². The largest absolute Gasteiger partial charge is 0.462 e. The number of rotatable bonds is 5. The van der Waals surface area contributed by atoms with E-state index in [-0.39, 0.29) is 12.2 Å². The Kier molecular flexibility index (Phi) is 5.77. The van der Waals surface area contributed by atoms with E-state index < -0.39 is 17.7 Å². The summed E-state index contributed by atoms with van der Waals surface area (Å²) in [6.07, 6.45) is 0.325. The topological polar surface area (TPSA) is 56.5 Å². The molecule has 5 nitrogen and oxygen atoms in total. The number of carbonyl (C=O) groups excluding carboxylic acids is 1. The summed E-state index contributed by atoms with van der Waals surface area (Å²) in [7, 11) is 0. The number of ether oxygens (including phenoxy) is 1. The fourth-order valence-electron chi connectivity index (χ4n) is 3.30. The molecule has 32 heavy (non-hydrogen) atoms. The molecule has 0 aliphatic carbocycles. The SMILES string of the molecule is CCOC(=O)/C(=C\c1ccccc1)c1ccnc2c(-c3ccc(C(F)(F)F)cc3)cnn12. The van der Waals surface area contributed by atoms with Gasteiger partial charge in [-0.05, 0) is 42.3 Å². The minimum Gasteiger partial charge on any atom is -0.462 e. The summed E-state index contributed by atoms with van der Waals surface area (Å²) in [4.78, 5) is 17.1. The van der Waals surface area contributed by atoms with Gasteiger partial charge in [0.05, 0.1) is 29.6 Å². The van der Waals surface area contributed by atoms with Crippen LogP contribution in [0.5, 0.6) is 0 Å². The molecule has 2 aromatic heterocycles. The Bertz CT molecular complexity index is 1280. The molecule has 0 atom stereocenters. The third-order valence-corrected chi connectivity index (χ3v) is 4.81. The van der Waals surface area contributed by atoms with Crippen LogP contribution in [0.2, 0.25) is 0 Å². The number of nitrogens with zero attached hydrogens (tertiary/aromatic N) is 3. The second-order valence-corrected chi connectivity index (χ2v) is 6.89. The molecule has 0 bridgehead atoms. The van der Waals surface area contributed by atoms with E-state index in [0.29, 0.717) is 22.5 Å². The predicted molar refractivity (Wildman–Crippen MR) is 114 cm³/mol. The smallest absolute Gasteiger partial charge is 0.416 e. The van der Waals surface area contributed by atoms with Crippen LogP contribution in [0.4, 0.5) is 13.2 Å². The van der Waals surface area contributed by atoms with Crippen molar-refractivity contribution in [2.24, 2.45) is 0 Å². The third-order valence-electron chi connectivity index (χ3n) is 4.81. The van der Waals surface area contributed by atoms with Crippen LogP contribution in [0.3, 0.4) is 0 Å². The standard InChI is InChI=1S/C24H18F3N3O2/c1-2-32-23(31)19(14-16-6-4-3-5-7-16)21-12-13-28-22-20(15-29-30(21)22)17-8-10-18(11-9-17)24(25,26)27/h3-15H,2H2,1H3/b19-14-. The molecule has 0 unspecified atom stereocenters. The van der Waals surface area contributed by atoms with Gasteiger partial charge in [-0.1, -0.05) is 42.5 Å². The van der Waals surface area contributed by atoms with E-state index in [9.17, 15) is 18.0 Å². The highest BCUT2D eigenvalue weighted by Crippen LogP contribution is 2.32. The van der Waals surface area contributed by atoms with Crippen LogP contribution < -0.4 is 0 Å². The number of hydrogen-bond donors (Lipinski definition) is 0. The Morgan fingerprint density at radius 3 is 2.44 bits per heavy atom. The van der Waals surface area contributed by atoms with E-state index >= 15 is 0 Å². The Balaban J connectivity index is 1.82. The lowest BCUT2D eigenvalue weighted by atomic mass is 10.1. The number of fused-ring (bicyclic) bond motifs is 1. The summed E-state index contributed by atoms with van der Waals surface area (Å²) in [6, 6.07) is 15.7. The van der Waals surface area contributed by atoms with E-state index in [1.165, 1.54) is 29.0 Å². The Morgan fingerprint density at radius 1 is 1.06 bits per heavy atom. The minimum absolute atomic E-state index is 0.203. The molecule has 8 heteroatoms. The Morgan fingerprint density at radius 2 is 1.78 bits per heavy atom. The fraction of sp³-hybridized carbons (Fsp3) is 0.125. The average molecular weight is 437 g/mol. The summed E-state index contributed by atoms with van der Waals surface area (Å²) < 4.78 is 45.4. The summed E-state index contributed by atoms with van der Waals surface area (Å²) in [6.45, 7) is 1.92. The van der Waals surface area contributed by atoms with Crippen molar-refractivity contribution >= 4 is 23.3 Å². The zero-order valence-electron chi connectivity index (χ0n) is 17.0. The van der Waals surface area contributed by atoms with Crippen molar-refractivity contribution in [2.45, 2.75) is 13.1 Å². The first-order chi connectivity index (χ1) is 15.4. The van der Waals surface area contributed by atoms with Crippen molar-refractivity contribution in [3.05, 3.63) is 89.9 Å². The van der Waals surface area contributed by atoms with Gasteiger partial charge in [-0.25, -0.2) is 14.3 Å². The Labute approximate surface area is 181 Å². The lowest BCUT2D eigenvalue weighted by Crippen LogP contribution is -2.11. The lowest BCUT2D eigenvalue weighted by molar-refractivity contribution is -0.138. The maximum absolute atomic E-state index is 12.9. The quantitative estimate of drug-likeness (QED) is 0.305. The van der Waals surface area contributed by atoms with E-state index in [1.807, 2.05) is 30.3 Å². The average Bonchev–Trinajstić information content (AvgIpc) is 3.22. The van der Waals surface area contributed by atoms with Crippen molar-refractivity contribution in [3.8, 4) is 11.1 Å². The number of esters is 1. The number of aromatic nitrogens is 3. The maximum Gasteiger partial charge on any atom is 0.416 e.